The van der Waals surface area contributed by atoms with E-state index in [9.17, 15) is 9.59 Å². The van der Waals surface area contributed by atoms with Gasteiger partial charge in [-0.2, -0.15) is 0 Å². The van der Waals surface area contributed by atoms with E-state index in [0.717, 1.165) is 33.4 Å². The zero-order valence-corrected chi connectivity index (χ0v) is 20.1. The molecule has 3 aromatic rings. The van der Waals surface area contributed by atoms with E-state index in [2.05, 4.69) is 23.5 Å². The zero-order valence-electron chi connectivity index (χ0n) is 20.1. The summed E-state index contributed by atoms with van der Waals surface area (Å²) in [6.07, 6.45) is 0.737. The van der Waals surface area contributed by atoms with Gasteiger partial charge in [0.1, 0.15) is 6.04 Å². The van der Waals surface area contributed by atoms with Crippen molar-refractivity contribution in [3.05, 3.63) is 106 Å². The lowest BCUT2D eigenvalue weighted by molar-refractivity contribution is -0.140. The van der Waals surface area contributed by atoms with Crippen molar-refractivity contribution in [2.75, 3.05) is 6.54 Å². The van der Waals surface area contributed by atoms with Crippen molar-refractivity contribution in [2.24, 2.45) is 0 Å². The standard InChI is InChI=1S/C29H34N2O2/c1-5-30-29(33)27(18-24-12-7-6-8-13-24)31(20-25-14-10-9-11-22(25)3)28(32)19-26-17-21(2)15-16-23(26)4/h6-17,27H,5,18-20H2,1-4H3,(H,30,33)/t27-/m0/s1. The van der Waals surface area contributed by atoms with Gasteiger partial charge in [0.15, 0.2) is 0 Å². The highest BCUT2D eigenvalue weighted by Gasteiger charge is 2.30. The maximum absolute atomic E-state index is 13.8. The van der Waals surface area contributed by atoms with Crippen molar-refractivity contribution in [2.45, 2.75) is 53.1 Å². The van der Waals surface area contributed by atoms with E-state index in [1.165, 1.54) is 0 Å². The van der Waals surface area contributed by atoms with E-state index in [1.54, 1.807) is 4.90 Å². The summed E-state index contributed by atoms with van der Waals surface area (Å²) in [4.78, 5) is 28.8. The van der Waals surface area contributed by atoms with Gasteiger partial charge >= 0.3 is 0 Å². The van der Waals surface area contributed by atoms with Gasteiger partial charge in [-0.3, -0.25) is 9.59 Å². The molecule has 0 spiro atoms. The summed E-state index contributed by atoms with van der Waals surface area (Å²) < 4.78 is 0. The second-order valence-corrected chi connectivity index (χ2v) is 8.65. The summed E-state index contributed by atoms with van der Waals surface area (Å²) in [6.45, 7) is 8.92. The van der Waals surface area contributed by atoms with Crippen LogP contribution in [-0.4, -0.2) is 29.3 Å². The predicted molar refractivity (Wildman–Crippen MR) is 134 cm³/mol. The number of rotatable bonds is 9. The fraction of sp³-hybridized carbons (Fsp3) is 0.310. The zero-order chi connectivity index (χ0) is 23.8. The lowest BCUT2D eigenvalue weighted by Gasteiger charge is -2.32. The predicted octanol–water partition coefficient (Wildman–Crippen LogP) is 4.93. The van der Waals surface area contributed by atoms with Gasteiger partial charge in [0.2, 0.25) is 11.8 Å². The maximum Gasteiger partial charge on any atom is 0.243 e. The van der Waals surface area contributed by atoms with Crippen LogP contribution < -0.4 is 5.32 Å². The minimum absolute atomic E-state index is 0.0425. The molecule has 0 bridgehead atoms. The first-order valence-electron chi connectivity index (χ1n) is 11.6. The summed E-state index contributed by atoms with van der Waals surface area (Å²) in [7, 11) is 0. The Morgan fingerprint density at radius 3 is 2.21 bits per heavy atom. The summed E-state index contributed by atoms with van der Waals surface area (Å²) in [6, 6.07) is 23.5. The van der Waals surface area contributed by atoms with Crippen LogP contribution in [0.5, 0.6) is 0 Å². The molecule has 3 aromatic carbocycles. The van der Waals surface area contributed by atoms with Crippen LogP contribution in [0.25, 0.3) is 0 Å². The Labute approximate surface area is 197 Å². The van der Waals surface area contributed by atoms with E-state index in [0.29, 0.717) is 19.5 Å². The maximum atomic E-state index is 13.8. The van der Waals surface area contributed by atoms with Gasteiger partial charge in [-0.15, -0.1) is 0 Å². The molecule has 0 aromatic heterocycles. The number of aryl methyl sites for hydroxylation is 3. The van der Waals surface area contributed by atoms with Crippen molar-refractivity contribution >= 4 is 11.8 Å². The second kappa shape index (κ2) is 11.5. The molecular formula is C29H34N2O2. The SMILES string of the molecule is CCNC(=O)[C@H](Cc1ccccc1)N(Cc1ccccc1C)C(=O)Cc1cc(C)ccc1C. The molecule has 0 radical (unpaired) electrons. The van der Waals surface area contributed by atoms with E-state index in [-0.39, 0.29) is 18.2 Å². The molecule has 0 saturated heterocycles. The summed E-state index contributed by atoms with van der Waals surface area (Å²) >= 11 is 0. The first-order chi connectivity index (χ1) is 15.9. The van der Waals surface area contributed by atoms with E-state index in [4.69, 9.17) is 0 Å². The Bertz CT molecular complexity index is 1090. The highest BCUT2D eigenvalue weighted by Crippen LogP contribution is 2.20. The van der Waals surface area contributed by atoms with E-state index >= 15 is 0 Å². The topological polar surface area (TPSA) is 49.4 Å². The Kier molecular flexibility index (Phi) is 8.42. The number of carbonyl (C=O) groups excluding carboxylic acids is 2. The third-order valence-electron chi connectivity index (χ3n) is 6.07. The van der Waals surface area contributed by atoms with Crippen molar-refractivity contribution < 1.29 is 9.59 Å². The van der Waals surface area contributed by atoms with Crippen LogP contribution in [0.2, 0.25) is 0 Å². The fourth-order valence-corrected chi connectivity index (χ4v) is 4.07. The lowest BCUT2D eigenvalue weighted by Crippen LogP contribution is -2.51. The number of nitrogens with one attached hydrogen (secondary N) is 1. The van der Waals surface area contributed by atoms with Crippen molar-refractivity contribution in [3.8, 4) is 0 Å². The van der Waals surface area contributed by atoms with Crippen LogP contribution in [-0.2, 0) is 29.0 Å². The van der Waals surface area contributed by atoms with Gasteiger partial charge in [0.05, 0.1) is 6.42 Å². The molecule has 0 unspecified atom stereocenters. The molecule has 172 valence electrons. The molecule has 4 heteroatoms. The number of likely N-dealkylation sites (N-methyl/N-ethyl adjacent to an activating group) is 1. The number of carbonyl (C=O) groups is 2. The minimum Gasteiger partial charge on any atom is -0.355 e. The molecule has 0 aliphatic heterocycles. The van der Waals surface area contributed by atoms with E-state index in [1.807, 2.05) is 82.3 Å². The average molecular weight is 443 g/mol. The van der Waals surface area contributed by atoms with Crippen molar-refractivity contribution in [3.63, 3.8) is 0 Å². The summed E-state index contributed by atoms with van der Waals surface area (Å²) in [5.41, 5.74) is 6.40. The number of nitrogens with zero attached hydrogens (tertiary/aromatic N) is 1. The van der Waals surface area contributed by atoms with Crippen LogP contribution in [0.1, 0.15) is 40.3 Å². The average Bonchev–Trinajstić information content (AvgIpc) is 2.80. The number of hydrogen-bond acceptors (Lipinski definition) is 2. The molecule has 1 N–H and O–H groups in total. The number of amides is 2. The molecule has 0 aliphatic rings. The van der Waals surface area contributed by atoms with Crippen LogP contribution in [0.15, 0.2) is 72.8 Å². The summed E-state index contributed by atoms with van der Waals surface area (Å²) in [5.74, 6) is -0.164. The third kappa shape index (κ3) is 6.55. The molecule has 33 heavy (non-hydrogen) atoms. The molecule has 0 aliphatic carbocycles. The van der Waals surface area contributed by atoms with Gasteiger partial charge < -0.3 is 10.2 Å². The smallest absolute Gasteiger partial charge is 0.243 e. The van der Waals surface area contributed by atoms with Gasteiger partial charge in [-0.05, 0) is 55.5 Å². The molecule has 0 saturated carbocycles. The van der Waals surface area contributed by atoms with Crippen LogP contribution in [0.4, 0.5) is 0 Å². The van der Waals surface area contributed by atoms with E-state index < -0.39 is 6.04 Å². The largest absolute Gasteiger partial charge is 0.355 e. The highest BCUT2D eigenvalue weighted by atomic mass is 16.2. The third-order valence-corrected chi connectivity index (χ3v) is 6.07. The van der Waals surface area contributed by atoms with Gasteiger partial charge in [0.25, 0.3) is 0 Å². The Balaban J connectivity index is 1.99. The van der Waals surface area contributed by atoms with Crippen molar-refractivity contribution in [1.29, 1.82) is 0 Å². The monoisotopic (exact) mass is 442 g/mol. The van der Waals surface area contributed by atoms with Gasteiger partial charge in [-0.1, -0.05) is 78.4 Å². The molecular weight excluding hydrogens is 408 g/mol. The number of hydrogen-bond donors (Lipinski definition) is 1. The first-order valence-corrected chi connectivity index (χ1v) is 11.6. The molecule has 0 fully saturated rings. The quantitative estimate of drug-likeness (QED) is 0.511. The second-order valence-electron chi connectivity index (χ2n) is 8.65. The molecule has 3 rings (SSSR count). The Morgan fingerprint density at radius 1 is 0.848 bits per heavy atom. The van der Waals surface area contributed by atoms with Crippen LogP contribution >= 0.6 is 0 Å². The molecule has 0 heterocycles. The molecule has 4 nitrogen and oxygen atoms in total. The molecule has 1 atom stereocenters. The Hall–Kier alpha value is -3.40. The van der Waals surface area contributed by atoms with Gasteiger partial charge in [0, 0.05) is 19.5 Å². The highest BCUT2D eigenvalue weighted by molar-refractivity contribution is 5.89. The van der Waals surface area contributed by atoms with Crippen molar-refractivity contribution in [1.82, 2.24) is 10.2 Å². The fourth-order valence-electron chi connectivity index (χ4n) is 4.07. The summed E-state index contributed by atoms with van der Waals surface area (Å²) in [5, 5.41) is 2.95. The first kappa shape index (κ1) is 24.2. The van der Waals surface area contributed by atoms with Crippen LogP contribution in [0.3, 0.4) is 0 Å². The lowest BCUT2D eigenvalue weighted by atomic mass is 9.98. The Morgan fingerprint density at radius 2 is 1.52 bits per heavy atom. The minimum atomic E-state index is -0.593. The van der Waals surface area contributed by atoms with Gasteiger partial charge in [-0.25, -0.2) is 0 Å². The van der Waals surface area contributed by atoms with Crippen LogP contribution in [0, 0.1) is 20.8 Å². The number of benzene rings is 3. The molecule has 2 amide bonds. The normalized spacial score (nSPS) is 11.6.